The maximum Gasteiger partial charge on any atom is 0.143 e. The van der Waals surface area contributed by atoms with Gasteiger partial charge in [0.15, 0.2) is 0 Å². The molecule has 0 aliphatic rings. The van der Waals surface area contributed by atoms with E-state index >= 15 is 0 Å². The number of anilines is 3. The molecule has 3 heteroatoms. The maximum absolute atomic E-state index is 10.2. The lowest BCUT2D eigenvalue weighted by Gasteiger charge is -2.28. The van der Waals surface area contributed by atoms with Gasteiger partial charge in [-0.1, -0.05) is 133 Å². The van der Waals surface area contributed by atoms with Crippen LogP contribution >= 0.6 is 0 Å². The van der Waals surface area contributed by atoms with Crippen LogP contribution in [0, 0.1) is 0 Å². The van der Waals surface area contributed by atoms with Crippen molar-refractivity contribution in [2.75, 3.05) is 4.90 Å². The fraction of sp³-hybridized carbons (Fsp3) is 0. The van der Waals surface area contributed by atoms with Crippen molar-refractivity contribution in [3.8, 4) is 16.8 Å². The minimum Gasteiger partial charge on any atom is -0.455 e. The molecule has 0 aliphatic heterocycles. The number of nitrogens with zero attached hydrogens (tertiary/aromatic N) is 2. The van der Waals surface area contributed by atoms with Crippen LogP contribution in [-0.2, 0) is 0 Å². The van der Waals surface area contributed by atoms with Gasteiger partial charge in [-0.25, -0.2) is 0 Å². The standard InChI is InChI=1S/C50H32N2O/c1-2-18-36(19-3-1)51-44-25-9-8-23-41(44)48-39(24-12-27-45(48)51)35-17-10-20-37(32-35)52(43-26-11-16-33-14-4-6-21-38(33)43)46-28-13-29-47-49(46)42-31-30-34-15-5-7-22-40(34)50(42)53-47/h1-32H/i4D,6D,10D,11D,14D,16D,17D,20D,21D,26D,32D. The van der Waals surface area contributed by atoms with Crippen LogP contribution in [0.5, 0.6) is 0 Å². The zero-order valence-corrected chi connectivity index (χ0v) is 27.9. The van der Waals surface area contributed by atoms with Gasteiger partial charge in [-0.2, -0.15) is 0 Å². The summed E-state index contributed by atoms with van der Waals surface area (Å²) in [6.07, 6.45) is 0. The predicted molar refractivity (Wildman–Crippen MR) is 223 cm³/mol. The quantitative estimate of drug-likeness (QED) is 0.180. The van der Waals surface area contributed by atoms with E-state index in [0.29, 0.717) is 32.9 Å². The molecule has 2 heterocycles. The molecular formula is C50H32N2O. The third kappa shape index (κ3) is 4.54. The van der Waals surface area contributed by atoms with Crippen LogP contribution in [0.15, 0.2) is 198 Å². The Morgan fingerprint density at radius 1 is 0.491 bits per heavy atom. The highest BCUT2D eigenvalue weighted by molar-refractivity contribution is 6.20. The molecule has 0 saturated carbocycles. The van der Waals surface area contributed by atoms with E-state index in [1.807, 2.05) is 103 Å². The average Bonchev–Trinajstić information content (AvgIpc) is 3.88. The topological polar surface area (TPSA) is 21.3 Å². The summed E-state index contributed by atoms with van der Waals surface area (Å²) < 4.78 is 111. The van der Waals surface area contributed by atoms with Crippen molar-refractivity contribution in [1.29, 1.82) is 0 Å². The average molecular weight is 688 g/mol. The lowest BCUT2D eigenvalue weighted by Crippen LogP contribution is -2.11. The van der Waals surface area contributed by atoms with Gasteiger partial charge in [0.25, 0.3) is 0 Å². The summed E-state index contributed by atoms with van der Waals surface area (Å²) in [4.78, 5) is 1.34. The van der Waals surface area contributed by atoms with E-state index in [1.165, 1.54) is 4.90 Å². The van der Waals surface area contributed by atoms with E-state index in [2.05, 4.69) is 4.57 Å². The second kappa shape index (κ2) is 11.7. The summed E-state index contributed by atoms with van der Waals surface area (Å²) in [7, 11) is 0. The first kappa shape index (κ1) is 20.7. The molecule has 0 amide bonds. The fourth-order valence-corrected chi connectivity index (χ4v) is 7.70. The van der Waals surface area contributed by atoms with Crippen LogP contribution in [0.4, 0.5) is 17.1 Å². The summed E-state index contributed by atoms with van der Waals surface area (Å²) in [5.41, 5.74) is 3.53. The summed E-state index contributed by atoms with van der Waals surface area (Å²) in [5.74, 6) is 0. The highest BCUT2D eigenvalue weighted by Crippen LogP contribution is 2.47. The summed E-state index contributed by atoms with van der Waals surface area (Å²) >= 11 is 0. The second-order valence-corrected chi connectivity index (χ2v) is 12.8. The smallest absolute Gasteiger partial charge is 0.143 e. The van der Waals surface area contributed by atoms with E-state index in [0.717, 1.165) is 32.9 Å². The van der Waals surface area contributed by atoms with E-state index in [4.69, 9.17) is 11.3 Å². The zero-order chi connectivity index (χ0) is 44.5. The second-order valence-electron chi connectivity index (χ2n) is 12.8. The molecule has 0 saturated heterocycles. The van der Waals surface area contributed by atoms with Crippen molar-refractivity contribution in [1.82, 2.24) is 4.57 Å². The largest absolute Gasteiger partial charge is 0.455 e. The van der Waals surface area contributed by atoms with Crippen LogP contribution in [-0.4, -0.2) is 4.57 Å². The number of hydrogen-bond acceptors (Lipinski definition) is 2. The Kier molecular flexibility index (Phi) is 4.57. The SMILES string of the molecule is [2H]c1c([2H])c(-c2cccc3c2c2ccccc2n3-c2ccccc2)c([2H])c(N(c2c([2H])c([2H])c([2H])c3c([2H])c([2H])c([2H])c([2H])c23)c2cccc3oc4c5ccccc5ccc4c23)c1[2H]. The number of benzene rings is 9. The van der Waals surface area contributed by atoms with Crippen molar-refractivity contribution < 1.29 is 19.5 Å². The molecule has 11 aromatic rings. The predicted octanol–water partition coefficient (Wildman–Crippen LogP) is 14.1. The minimum absolute atomic E-state index is 0.0127. The highest BCUT2D eigenvalue weighted by atomic mass is 16.3. The van der Waals surface area contributed by atoms with Crippen molar-refractivity contribution in [3.63, 3.8) is 0 Å². The normalized spacial score (nSPS) is 14.7. The molecule has 0 spiro atoms. The maximum atomic E-state index is 10.2. The van der Waals surface area contributed by atoms with Gasteiger partial charge in [0.2, 0.25) is 0 Å². The monoisotopic (exact) mass is 687 g/mol. The van der Waals surface area contributed by atoms with Crippen LogP contribution in [0.25, 0.3) is 82.1 Å². The van der Waals surface area contributed by atoms with Crippen LogP contribution in [0.2, 0.25) is 0 Å². The fourth-order valence-electron chi connectivity index (χ4n) is 7.70. The van der Waals surface area contributed by atoms with Crippen molar-refractivity contribution >= 4 is 82.4 Å². The van der Waals surface area contributed by atoms with Gasteiger partial charge in [0.05, 0.1) is 42.9 Å². The molecule has 2 aromatic heterocycles. The molecule has 0 radical (unpaired) electrons. The third-order valence-electron chi connectivity index (χ3n) is 9.94. The Bertz CT molecular complexity index is 3820. The summed E-state index contributed by atoms with van der Waals surface area (Å²) in [6, 6.07) is 33.6. The molecular weight excluding hydrogens is 645 g/mol. The molecule has 9 aromatic carbocycles. The van der Waals surface area contributed by atoms with Gasteiger partial charge in [0.1, 0.15) is 11.2 Å². The number of fused-ring (bicyclic) bond motifs is 9. The van der Waals surface area contributed by atoms with Gasteiger partial charge in [-0.3, -0.25) is 0 Å². The van der Waals surface area contributed by atoms with Crippen LogP contribution < -0.4 is 4.90 Å². The Balaban J connectivity index is 1.33. The first-order valence-corrected chi connectivity index (χ1v) is 17.2. The zero-order valence-electron chi connectivity index (χ0n) is 38.9. The molecule has 53 heavy (non-hydrogen) atoms. The van der Waals surface area contributed by atoms with Gasteiger partial charge in [-0.15, -0.1) is 0 Å². The molecule has 3 nitrogen and oxygen atoms in total. The van der Waals surface area contributed by atoms with Gasteiger partial charge < -0.3 is 13.9 Å². The number of para-hydroxylation sites is 2. The van der Waals surface area contributed by atoms with E-state index in [1.54, 1.807) is 24.3 Å². The van der Waals surface area contributed by atoms with E-state index in [9.17, 15) is 8.22 Å². The lowest BCUT2D eigenvalue weighted by molar-refractivity contribution is 0.672. The van der Waals surface area contributed by atoms with Gasteiger partial charge in [0, 0.05) is 38.3 Å². The molecule has 248 valence electrons. The first-order chi connectivity index (χ1) is 30.9. The van der Waals surface area contributed by atoms with E-state index < -0.39 is 54.4 Å². The Labute approximate surface area is 321 Å². The molecule has 0 N–H and O–H groups in total. The molecule has 0 aliphatic carbocycles. The van der Waals surface area contributed by atoms with Gasteiger partial charge in [-0.05, 0) is 82.5 Å². The molecule has 0 unspecified atom stereocenters. The number of aromatic nitrogens is 1. The van der Waals surface area contributed by atoms with E-state index in [-0.39, 0.29) is 45.5 Å². The van der Waals surface area contributed by atoms with Crippen molar-refractivity contribution in [2.45, 2.75) is 0 Å². The van der Waals surface area contributed by atoms with Crippen molar-refractivity contribution in [3.05, 3.63) is 194 Å². The Morgan fingerprint density at radius 2 is 1.26 bits per heavy atom. The third-order valence-corrected chi connectivity index (χ3v) is 9.94. The first-order valence-electron chi connectivity index (χ1n) is 22.7. The number of furan rings is 1. The Hall–Kier alpha value is -7.10. The minimum atomic E-state index is -0.646. The summed E-state index contributed by atoms with van der Waals surface area (Å²) in [5, 5.41) is 3.72. The molecule has 0 fully saturated rings. The summed E-state index contributed by atoms with van der Waals surface area (Å²) in [6.45, 7) is 0. The van der Waals surface area contributed by atoms with Gasteiger partial charge >= 0.3 is 0 Å². The number of rotatable bonds is 5. The molecule has 0 atom stereocenters. The Morgan fingerprint density at radius 3 is 2.21 bits per heavy atom. The van der Waals surface area contributed by atoms with Crippen molar-refractivity contribution in [2.24, 2.45) is 0 Å². The molecule has 0 bridgehead atoms. The molecule has 11 rings (SSSR count). The van der Waals surface area contributed by atoms with Crippen LogP contribution in [0.3, 0.4) is 0 Å². The number of hydrogen-bond donors (Lipinski definition) is 0. The highest BCUT2D eigenvalue weighted by Gasteiger charge is 2.23. The van der Waals surface area contributed by atoms with Crippen LogP contribution in [0.1, 0.15) is 15.1 Å². The lowest BCUT2D eigenvalue weighted by atomic mass is 9.98.